The Labute approximate surface area is 135 Å². The van der Waals surface area contributed by atoms with Crippen LogP contribution < -0.4 is 0 Å². The fraction of sp³-hybridized carbons (Fsp3) is 0.0909. The minimum atomic E-state index is 1.26. The van der Waals surface area contributed by atoms with E-state index in [-0.39, 0.29) is 0 Å². The van der Waals surface area contributed by atoms with Gasteiger partial charge in [0.15, 0.2) is 0 Å². The third-order valence-corrected chi connectivity index (χ3v) is 2.48. The van der Waals surface area contributed by atoms with Crippen molar-refractivity contribution >= 4 is 12.2 Å². The van der Waals surface area contributed by atoms with Crippen molar-refractivity contribution in [2.75, 3.05) is 0 Å². The summed E-state index contributed by atoms with van der Waals surface area (Å²) in [5.74, 6) is 0. The van der Waals surface area contributed by atoms with E-state index in [0.717, 1.165) is 0 Å². The topological polar surface area (TPSA) is 0 Å². The molecule has 0 aliphatic carbocycles. The van der Waals surface area contributed by atoms with Gasteiger partial charge < -0.3 is 0 Å². The van der Waals surface area contributed by atoms with Crippen LogP contribution in [0.1, 0.15) is 25.0 Å². The summed E-state index contributed by atoms with van der Waals surface area (Å²) in [5.41, 5.74) is 2.53. The number of allylic oxidation sites excluding steroid dienone is 4. The Morgan fingerprint density at radius 3 is 1.14 bits per heavy atom. The second-order valence-corrected chi connectivity index (χ2v) is 4.29. The predicted octanol–water partition coefficient (Wildman–Crippen LogP) is 6.80. The summed E-state index contributed by atoms with van der Waals surface area (Å²) in [6, 6.07) is 20.5. The monoisotopic (exact) mass is 290 g/mol. The van der Waals surface area contributed by atoms with Crippen LogP contribution in [0.3, 0.4) is 0 Å². The van der Waals surface area contributed by atoms with E-state index in [1.54, 1.807) is 12.2 Å². The number of benzene rings is 2. The Kier molecular flexibility index (Phi) is 13.1. The van der Waals surface area contributed by atoms with Gasteiger partial charge in [-0.05, 0) is 25.0 Å². The smallest absolute Gasteiger partial charge is 0.0260 e. The molecule has 0 heteroatoms. The van der Waals surface area contributed by atoms with E-state index in [0.29, 0.717) is 0 Å². The summed E-state index contributed by atoms with van der Waals surface area (Å²) in [7, 11) is 0. The molecule has 0 radical (unpaired) electrons. The standard InChI is InChI=1S/2C9H10.C4H6/c2*1-2-6-9-7-4-3-5-8-9;1-3-4-2/h2*2-8H,1H3;3-4H,1-2H2. The van der Waals surface area contributed by atoms with E-state index >= 15 is 0 Å². The SMILES string of the molecule is C=CC=C.CC=Cc1ccccc1.CC=Cc1ccccc1. The van der Waals surface area contributed by atoms with Crippen LogP contribution in [0.4, 0.5) is 0 Å². The molecular formula is C22H26. The maximum absolute atomic E-state index is 3.36. The first-order chi connectivity index (χ1) is 10.8. The van der Waals surface area contributed by atoms with Crippen LogP contribution in [0.25, 0.3) is 12.2 Å². The van der Waals surface area contributed by atoms with Crippen LogP contribution in [0.5, 0.6) is 0 Å². The molecular weight excluding hydrogens is 264 g/mol. The fourth-order valence-corrected chi connectivity index (χ4v) is 1.51. The van der Waals surface area contributed by atoms with E-state index in [2.05, 4.69) is 49.6 Å². The van der Waals surface area contributed by atoms with Crippen molar-refractivity contribution in [1.82, 2.24) is 0 Å². The van der Waals surface area contributed by atoms with Gasteiger partial charge in [-0.25, -0.2) is 0 Å². The van der Waals surface area contributed by atoms with E-state index < -0.39 is 0 Å². The Bertz CT molecular complexity index is 492. The molecule has 0 unspecified atom stereocenters. The highest BCUT2D eigenvalue weighted by molar-refractivity contribution is 5.48. The zero-order valence-electron chi connectivity index (χ0n) is 13.7. The average Bonchev–Trinajstić information content (AvgIpc) is 2.58. The summed E-state index contributed by atoms with van der Waals surface area (Å²) in [6.07, 6.45) is 11.5. The lowest BCUT2D eigenvalue weighted by Gasteiger charge is -1.86. The van der Waals surface area contributed by atoms with Gasteiger partial charge >= 0.3 is 0 Å². The molecule has 0 bridgehead atoms. The Morgan fingerprint density at radius 2 is 0.909 bits per heavy atom. The first-order valence-electron chi connectivity index (χ1n) is 7.37. The van der Waals surface area contributed by atoms with Gasteiger partial charge in [0, 0.05) is 0 Å². The molecule has 2 aromatic rings. The first kappa shape index (κ1) is 19.4. The molecule has 0 aliphatic rings. The third kappa shape index (κ3) is 11.2. The van der Waals surface area contributed by atoms with Crippen LogP contribution >= 0.6 is 0 Å². The molecule has 0 N–H and O–H groups in total. The van der Waals surface area contributed by atoms with Gasteiger partial charge in [-0.1, -0.05) is 110 Å². The lowest BCUT2D eigenvalue weighted by Crippen LogP contribution is -1.65. The highest BCUT2D eigenvalue weighted by Gasteiger charge is 1.78. The minimum absolute atomic E-state index is 1.26. The second-order valence-electron chi connectivity index (χ2n) is 4.29. The summed E-state index contributed by atoms with van der Waals surface area (Å²) in [5, 5.41) is 0. The highest BCUT2D eigenvalue weighted by atomic mass is 13.8. The van der Waals surface area contributed by atoms with Gasteiger partial charge in [-0.15, -0.1) is 0 Å². The summed E-state index contributed by atoms with van der Waals surface area (Å²) in [6.45, 7) is 10.8. The van der Waals surface area contributed by atoms with Gasteiger partial charge in [-0.3, -0.25) is 0 Å². The quantitative estimate of drug-likeness (QED) is 0.545. The number of rotatable bonds is 3. The molecule has 0 amide bonds. The molecule has 0 fully saturated rings. The van der Waals surface area contributed by atoms with E-state index in [1.807, 2.05) is 62.4 Å². The fourth-order valence-electron chi connectivity index (χ4n) is 1.51. The maximum atomic E-state index is 3.36. The molecule has 0 aliphatic heterocycles. The van der Waals surface area contributed by atoms with Gasteiger partial charge in [0.2, 0.25) is 0 Å². The Hall–Kier alpha value is -2.60. The normalized spacial score (nSPS) is 9.36. The zero-order valence-corrected chi connectivity index (χ0v) is 13.7. The van der Waals surface area contributed by atoms with Crippen molar-refractivity contribution < 1.29 is 0 Å². The molecule has 0 atom stereocenters. The van der Waals surface area contributed by atoms with Crippen molar-refractivity contribution in [2.45, 2.75) is 13.8 Å². The predicted molar refractivity (Wildman–Crippen MR) is 103 cm³/mol. The molecule has 0 spiro atoms. The molecule has 114 valence electrons. The summed E-state index contributed by atoms with van der Waals surface area (Å²) >= 11 is 0. The van der Waals surface area contributed by atoms with Crippen molar-refractivity contribution in [2.24, 2.45) is 0 Å². The van der Waals surface area contributed by atoms with Crippen LogP contribution in [-0.2, 0) is 0 Å². The summed E-state index contributed by atoms with van der Waals surface area (Å²) in [4.78, 5) is 0. The second kappa shape index (κ2) is 14.8. The Morgan fingerprint density at radius 1 is 0.591 bits per heavy atom. The largest absolute Gasteiger partial charge is 0.0991 e. The van der Waals surface area contributed by atoms with Crippen molar-refractivity contribution in [3.63, 3.8) is 0 Å². The molecule has 0 saturated heterocycles. The maximum Gasteiger partial charge on any atom is -0.0260 e. The van der Waals surface area contributed by atoms with Gasteiger partial charge in [0.25, 0.3) is 0 Å². The van der Waals surface area contributed by atoms with Gasteiger partial charge in [0.1, 0.15) is 0 Å². The van der Waals surface area contributed by atoms with E-state index in [1.165, 1.54) is 11.1 Å². The molecule has 0 aromatic heterocycles. The first-order valence-corrected chi connectivity index (χ1v) is 7.37. The molecule has 2 rings (SSSR count). The van der Waals surface area contributed by atoms with Gasteiger partial charge in [-0.2, -0.15) is 0 Å². The number of hydrogen-bond acceptors (Lipinski definition) is 0. The number of hydrogen-bond donors (Lipinski definition) is 0. The lowest BCUT2D eigenvalue weighted by molar-refractivity contribution is 1.64. The third-order valence-electron chi connectivity index (χ3n) is 2.48. The molecule has 0 heterocycles. The van der Waals surface area contributed by atoms with Crippen molar-refractivity contribution in [1.29, 1.82) is 0 Å². The molecule has 22 heavy (non-hydrogen) atoms. The van der Waals surface area contributed by atoms with Crippen molar-refractivity contribution in [3.05, 3.63) is 109 Å². The molecule has 0 saturated carbocycles. The van der Waals surface area contributed by atoms with Crippen LogP contribution in [0.2, 0.25) is 0 Å². The van der Waals surface area contributed by atoms with E-state index in [4.69, 9.17) is 0 Å². The van der Waals surface area contributed by atoms with Crippen LogP contribution in [0.15, 0.2) is 98.1 Å². The van der Waals surface area contributed by atoms with E-state index in [9.17, 15) is 0 Å². The van der Waals surface area contributed by atoms with Crippen LogP contribution in [0, 0.1) is 0 Å². The highest BCUT2D eigenvalue weighted by Crippen LogP contribution is 2.00. The lowest BCUT2D eigenvalue weighted by atomic mass is 10.2. The molecule has 2 aromatic carbocycles. The molecule has 0 nitrogen and oxygen atoms in total. The average molecular weight is 290 g/mol. The minimum Gasteiger partial charge on any atom is -0.0991 e. The van der Waals surface area contributed by atoms with Crippen molar-refractivity contribution in [3.8, 4) is 0 Å². The summed E-state index contributed by atoms with van der Waals surface area (Å²) < 4.78 is 0. The van der Waals surface area contributed by atoms with Crippen LogP contribution in [-0.4, -0.2) is 0 Å². The zero-order chi connectivity index (χ0) is 16.5. The van der Waals surface area contributed by atoms with Gasteiger partial charge in [0.05, 0.1) is 0 Å². The Balaban J connectivity index is 0.000000326.